The Morgan fingerprint density at radius 2 is 1.76 bits per heavy atom. The Morgan fingerprint density at radius 1 is 1.00 bits per heavy atom. The van der Waals surface area contributed by atoms with E-state index >= 15 is 0 Å². The number of sulfone groups is 1. The lowest BCUT2D eigenvalue weighted by Gasteiger charge is -2.22. The Bertz CT molecular complexity index is 1250. The highest BCUT2D eigenvalue weighted by Crippen LogP contribution is 2.48. The fraction of sp³-hybridized carbons (Fsp3) is 0.429. The van der Waals surface area contributed by atoms with Crippen LogP contribution < -0.4 is 5.32 Å². The van der Waals surface area contributed by atoms with Gasteiger partial charge in [-0.2, -0.15) is 0 Å². The maximum atomic E-state index is 12.8. The summed E-state index contributed by atoms with van der Waals surface area (Å²) in [4.78, 5) is 17.4. The minimum absolute atomic E-state index is 0. The number of nitrogens with zero attached hydrogens (tertiary/aromatic N) is 1. The number of fused-ring (bicyclic) bond motifs is 1. The SMILES string of the molecule is C.O=C(Cc1ccc2cnccc2c1)[C@@H]1CC1c1ccc(S(=O)(=O)CCC2CCNCC2)cc1. The number of aromatic nitrogens is 1. The summed E-state index contributed by atoms with van der Waals surface area (Å²) in [5.41, 5.74) is 2.09. The van der Waals surface area contributed by atoms with Gasteiger partial charge in [-0.3, -0.25) is 9.78 Å². The number of hydrogen-bond acceptors (Lipinski definition) is 5. The first-order chi connectivity index (χ1) is 16.0. The van der Waals surface area contributed by atoms with Crippen LogP contribution in [0.2, 0.25) is 0 Å². The zero-order chi connectivity index (χ0) is 22.8. The molecule has 0 radical (unpaired) electrons. The lowest BCUT2D eigenvalue weighted by atomic mass is 9.96. The van der Waals surface area contributed by atoms with E-state index in [1.165, 1.54) is 0 Å². The van der Waals surface area contributed by atoms with Crippen LogP contribution in [0.25, 0.3) is 10.8 Å². The van der Waals surface area contributed by atoms with Crippen LogP contribution in [0.1, 0.15) is 50.2 Å². The number of pyridine rings is 1. The summed E-state index contributed by atoms with van der Waals surface area (Å²) < 4.78 is 25.5. The Balaban J connectivity index is 0.00000274. The topological polar surface area (TPSA) is 76.1 Å². The minimum Gasteiger partial charge on any atom is -0.317 e. The second kappa shape index (κ2) is 10.4. The van der Waals surface area contributed by atoms with E-state index in [9.17, 15) is 13.2 Å². The molecular weight excluding hydrogens is 444 g/mol. The summed E-state index contributed by atoms with van der Waals surface area (Å²) >= 11 is 0. The van der Waals surface area contributed by atoms with Gasteiger partial charge in [-0.05, 0) is 85.3 Å². The van der Waals surface area contributed by atoms with Gasteiger partial charge >= 0.3 is 0 Å². The molecule has 5 rings (SSSR count). The van der Waals surface area contributed by atoms with Gasteiger partial charge in [0.05, 0.1) is 10.6 Å². The van der Waals surface area contributed by atoms with Crippen molar-refractivity contribution in [1.82, 2.24) is 10.3 Å². The largest absolute Gasteiger partial charge is 0.317 e. The van der Waals surface area contributed by atoms with E-state index in [1.54, 1.807) is 18.3 Å². The molecule has 0 spiro atoms. The van der Waals surface area contributed by atoms with Crippen LogP contribution in [0, 0.1) is 11.8 Å². The zero-order valence-corrected chi connectivity index (χ0v) is 19.6. The molecule has 180 valence electrons. The average molecular weight is 479 g/mol. The van der Waals surface area contributed by atoms with E-state index in [0.29, 0.717) is 17.2 Å². The molecule has 1 saturated carbocycles. The van der Waals surface area contributed by atoms with E-state index < -0.39 is 9.84 Å². The van der Waals surface area contributed by atoms with Gasteiger partial charge in [0.2, 0.25) is 0 Å². The summed E-state index contributed by atoms with van der Waals surface area (Å²) in [5.74, 6) is 1.20. The van der Waals surface area contributed by atoms with Crippen molar-refractivity contribution in [3.8, 4) is 0 Å². The number of piperidine rings is 1. The number of ketones is 1. The highest BCUT2D eigenvalue weighted by molar-refractivity contribution is 7.91. The average Bonchev–Trinajstić information content (AvgIpc) is 3.65. The molecule has 2 aromatic carbocycles. The summed E-state index contributed by atoms with van der Waals surface area (Å²) in [6.07, 6.45) is 7.72. The maximum Gasteiger partial charge on any atom is 0.178 e. The van der Waals surface area contributed by atoms with Crippen molar-refractivity contribution in [2.45, 2.75) is 50.3 Å². The van der Waals surface area contributed by atoms with Crippen molar-refractivity contribution >= 4 is 26.4 Å². The molecule has 34 heavy (non-hydrogen) atoms. The van der Waals surface area contributed by atoms with E-state index in [2.05, 4.69) is 16.4 Å². The van der Waals surface area contributed by atoms with E-state index in [1.807, 2.05) is 36.5 Å². The molecule has 1 N–H and O–H groups in total. The molecule has 2 fully saturated rings. The molecule has 1 unspecified atom stereocenters. The van der Waals surface area contributed by atoms with Gasteiger partial charge in [-0.15, -0.1) is 0 Å². The number of benzene rings is 2. The first-order valence-corrected chi connectivity index (χ1v) is 13.5. The molecule has 2 aliphatic rings. The normalized spacial score (nSPS) is 20.6. The summed E-state index contributed by atoms with van der Waals surface area (Å²) in [6.45, 7) is 1.97. The van der Waals surface area contributed by atoms with Crippen molar-refractivity contribution < 1.29 is 13.2 Å². The van der Waals surface area contributed by atoms with Gasteiger partial charge in [0.1, 0.15) is 5.78 Å². The van der Waals surface area contributed by atoms with Gasteiger partial charge in [0, 0.05) is 30.1 Å². The predicted molar refractivity (Wildman–Crippen MR) is 137 cm³/mol. The number of nitrogens with one attached hydrogen (secondary N) is 1. The molecule has 1 aliphatic heterocycles. The third-order valence-corrected chi connectivity index (χ3v) is 8.97. The number of Topliss-reactive ketones (excluding diaryl/α,β-unsaturated/α-hetero) is 1. The lowest BCUT2D eigenvalue weighted by Crippen LogP contribution is -2.28. The molecule has 3 aromatic rings. The van der Waals surface area contributed by atoms with E-state index in [4.69, 9.17) is 0 Å². The minimum atomic E-state index is -3.26. The molecule has 1 saturated heterocycles. The number of hydrogen-bond donors (Lipinski definition) is 1. The third-order valence-electron chi connectivity index (χ3n) is 7.21. The molecule has 2 atom stereocenters. The van der Waals surface area contributed by atoms with Crippen molar-refractivity contribution in [3.05, 3.63) is 72.1 Å². The van der Waals surface area contributed by atoms with Gasteiger partial charge < -0.3 is 5.32 Å². The number of rotatable bonds is 8. The summed E-state index contributed by atoms with van der Waals surface area (Å²) in [6, 6.07) is 15.3. The van der Waals surface area contributed by atoms with Crippen molar-refractivity contribution in [2.75, 3.05) is 18.8 Å². The predicted octanol–water partition coefficient (Wildman–Crippen LogP) is 4.95. The summed E-state index contributed by atoms with van der Waals surface area (Å²) in [5, 5.41) is 5.49. The molecule has 1 aromatic heterocycles. The molecule has 5 nitrogen and oxygen atoms in total. The summed E-state index contributed by atoms with van der Waals surface area (Å²) in [7, 11) is -3.26. The van der Waals surface area contributed by atoms with Crippen LogP contribution in [-0.4, -0.2) is 38.0 Å². The second-order valence-electron chi connectivity index (χ2n) is 9.52. The van der Waals surface area contributed by atoms with Crippen LogP contribution >= 0.6 is 0 Å². The first kappa shape index (κ1) is 24.6. The van der Waals surface area contributed by atoms with Gasteiger partial charge in [0.15, 0.2) is 9.84 Å². The fourth-order valence-electron chi connectivity index (χ4n) is 5.03. The van der Waals surface area contributed by atoms with E-state index in [0.717, 1.165) is 60.7 Å². The Hall–Kier alpha value is -2.57. The Kier molecular flexibility index (Phi) is 7.48. The molecular formula is C28H34N2O3S. The van der Waals surface area contributed by atoms with Crippen molar-refractivity contribution in [1.29, 1.82) is 0 Å². The molecule has 0 bridgehead atoms. The van der Waals surface area contributed by atoms with Gasteiger partial charge in [-0.25, -0.2) is 8.42 Å². The highest BCUT2D eigenvalue weighted by atomic mass is 32.2. The highest BCUT2D eigenvalue weighted by Gasteiger charge is 2.43. The smallest absolute Gasteiger partial charge is 0.178 e. The van der Waals surface area contributed by atoms with Crippen LogP contribution in [0.4, 0.5) is 0 Å². The molecule has 2 heterocycles. The van der Waals surface area contributed by atoms with Gasteiger partial charge in [0.25, 0.3) is 0 Å². The van der Waals surface area contributed by atoms with Crippen molar-refractivity contribution in [3.63, 3.8) is 0 Å². The van der Waals surface area contributed by atoms with Crippen LogP contribution in [0.3, 0.4) is 0 Å². The lowest BCUT2D eigenvalue weighted by molar-refractivity contribution is -0.119. The third kappa shape index (κ3) is 5.56. The van der Waals surface area contributed by atoms with Crippen LogP contribution in [0.5, 0.6) is 0 Å². The van der Waals surface area contributed by atoms with E-state index in [-0.39, 0.29) is 30.8 Å². The zero-order valence-electron chi connectivity index (χ0n) is 18.7. The van der Waals surface area contributed by atoms with Gasteiger partial charge in [-0.1, -0.05) is 37.8 Å². The van der Waals surface area contributed by atoms with Crippen molar-refractivity contribution in [2.24, 2.45) is 11.8 Å². The fourth-order valence-corrected chi connectivity index (χ4v) is 6.46. The monoisotopic (exact) mass is 478 g/mol. The van der Waals surface area contributed by atoms with Crippen LogP contribution in [-0.2, 0) is 21.1 Å². The second-order valence-corrected chi connectivity index (χ2v) is 11.6. The molecule has 6 heteroatoms. The Labute approximate surface area is 202 Å². The number of carbonyl (C=O) groups is 1. The number of carbonyl (C=O) groups excluding carboxylic acids is 1. The quantitative estimate of drug-likeness (QED) is 0.496. The molecule has 0 amide bonds. The first-order valence-electron chi connectivity index (χ1n) is 11.9. The maximum absolute atomic E-state index is 12.8. The van der Waals surface area contributed by atoms with Crippen LogP contribution in [0.15, 0.2) is 65.8 Å². The Morgan fingerprint density at radius 3 is 2.53 bits per heavy atom. The standard InChI is InChI=1S/C27H30N2O3S.CH4/c30-27(16-20-1-2-23-18-29-13-9-22(23)15-20)26-17-25(26)21-3-5-24(6-4-21)33(31,32)14-10-19-7-11-28-12-8-19;/h1-6,9,13,15,18-19,25-26,28H,7-8,10-12,14,16-17H2;1H4/t25?,26-;/m1./s1. The molecule has 1 aliphatic carbocycles.